The van der Waals surface area contributed by atoms with Crippen molar-refractivity contribution in [3.63, 3.8) is 0 Å². The Bertz CT molecular complexity index is 1190. The Kier molecular flexibility index (Phi) is 8.43. The number of benzene rings is 2. The highest BCUT2D eigenvalue weighted by molar-refractivity contribution is 6.30. The summed E-state index contributed by atoms with van der Waals surface area (Å²) < 4.78 is 1.89. The van der Waals surface area contributed by atoms with Crippen LogP contribution in [0, 0.1) is 0 Å². The fourth-order valence-corrected chi connectivity index (χ4v) is 3.84. The molecular weight excluding hydrogens is 458 g/mol. The number of aliphatic carboxylic acids is 1. The second-order valence-electron chi connectivity index (χ2n) is 7.85. The van der Waals surface area contributed by atoms with E-state index >= 15 is 0 Å². The van der Waals surface area contributed by atoms with Crippen LogP contribution < -0.4 is 5.32 Å². The number of carboxylic acids is 2. The van der Waals surface area contributed by atoms with Crippen molar-refractivity contribution in [3.8, 4) is 0 Å². The van der Waals surface area contributed by atoms with Crippen LogP contribution in [0.5, 0.6) is 0 Å². The highest BCUT2D eigenvalue weighted by Crippen LogP contribution is 2.23. The Morgan fingerprint density at radius 1 is 1.00 bits per heavy atom. The monoisotopic (exact) mass is 483 g/mol. The number of halogens is 1. The number of carbonyl (C=O) groups excluding carboxylic acids is 1. The second kappa shape index (κ2) is 11.5. The minimum Gasteiger partial charge on any atom is -0.481 e. The molecule has 0 saturated carbocycles. The third kappa shape index (κ3) is 6.23. The third-order valence-corrected chi connectivity index (χ3v) is 5.76. The minimum atomic E-state index is -1.17. The molecule has 0 unspecified atom stereocenters. The van der Waals surface area contributed by atoms with Crippen LogP contribution in [-0.2, 0) is 24.2 Å². The van der Waals surface area contributed by atoms with Gasteiger partial charge in [0.2, 0.25) is 0 Å². The molecule has 0 aliphatic rings. The lowest BCUT2D eigenvalue weighted by atomic mass is 10.1. The van der Waals surface area contributed by atoms with Crippen LogP contribution in [0.2, 0.25) is 5.15 Å². The number of aromatic carboxylic acids is 1. The number of hydrogen-bond acceptors (Lipinski definition) is 4. The summed E-state index contributed by atoms with van der Waals surface area (Å²) in [5.41, 5.74) is 2.05. The van der Waals surface area contributed by atoms with Crippen LogP contribution in [0.1, 0.15) is 64.0 Å². The summed E-state index contributed by atoms with van der Waals surface area (Å²) in [6.45, 7) is 2.54. The average Bonchev–Trinajstić information content (AvgIpc) is 3.11. The van der Waals surface area contributed by atoms with Gasteiger partial charge >= 0.3 is 11.9 Å². The van der Waals surface area contributed by atoms with Gasteiger partial charge in [0.1, 0.15) is 11.0 Å². The van der Waals surface area contributed by atoms with Crippen LogP contribution in [0.25, 0.3) is 0 Å². The largest absolute Gasteiger partial charge is 0.481 e. The van der Waals surface area contributed by atoms with Gasteiger partial charge < -0.3 is 20.1 Å². The Balaban J connectivity index is 1.76. The highest BCUT2D eigenvalue weighted by atomic mass is 35.5. The molecule has 0 aliphatic heterocycles. The number of aromatic nitrogens is 2. The maximum atomic E-state index is 12.6. The van der Waals surface area contributed by atoms with Crippen LogP contribution >= 0.6 is 11.6 Å². The molecule has 2 aromatic carbocycles. The molecule has 0 aliphatic carbocycles. The number of aryl methyl sites for hydroxylation is 2. The summed E-state index contributed by atoms with van der Waals surface area (Å²) >= 11 is 6.55. The van der Waals surface area contributed by atoms with Crippen molar-refractivity contribution in [3.05, 3.63) is 81.9 Å². The number of anilines is 1. The van der Waals surface area contributed by atoms with Gasteiger partial charge in [0.15, 0.2) is 0 Å². The lowest BCUT2D eigenvalue weighted by Crippen LogP contribution is -2.16. The molecule has 3 rings (SSSR count). The Labute approximate surface area is 202 Å². The molecule has 1 amide bonds. The van der Waals surface area contributed by atoms with Crippen molar-refractivity contribution < 1.29 is 24.6 Å². The Morgan fingerprint density at radius 2 is 1.68 bits per heavy atom. The van der Waals surface area contributed by atoms with E-state index in [4.69, 9.17) is 16.7 Å². The molecule has 0 radical (unpaired) electrons. The van der Waals surface area contributed by atoms with E-state index in [1.165, 1.54) is 12.1 Å². The molecule has 1 aromatic heterocycles. The molecule has 9 heteroatoms. The number of unbranched alkanes of at least 4 members (excludes halogenated alkanes) is 1. The van der Waals surface area contributed by atoms with Gasteiger partial charge in [-0.3, -0.25) is 9.59 Å². The van der Waals surface area contributed by atoms with Crippen molar-refractivity contribution in [2.45, 2.75) is 45.6 Å². The lowest BCUT2D eigenvalue weighted by molar-refractivity contribution is -0.136. The number of amides is 1. The number of carboxylic acid groups (broad SMARTS) is 2. The maximum Gasteiger partial charge on any atom is 0.336 e. The van der Waals surface area contributed by atoms with Gasteiger partial charge in [-0.15, -0.1) is 0 Å². The first-order valence-corrected chi connectivity index (χ1v) is 11.4. The van der Waals surface area contributed by atoms with E-state index in [0.717, 1.165) is 30.7 Å². The summed E-state index contributed by atoms with van der Waals surface area (Å²) in [5.74, 6) is -1.76. The predicted octanol–water partition coefficient (Wildman–Crippen LogP) is 4.90. The molecule has 1 heterocycles. The number of nitrogens with zero attached hydrogens (tertiary/aromatic N) is 2. The molecular formula is C25H26ClN3O5. The molecule has 178 valence electrons. The minimum absolute atomic E-state index is 0.0383. The molecule has 0 fully saturated rings. The number of nitrogens with one attached hydrogen (secondary N) is 1. The zero-order chi connectivity index (χ0) is 24.7. The van der Waals surface area contributed by atoms with Gasteiger partial charge in [-0.1, -0.05) is 49.2 Å². The summed E-state index contributed by atoms with van der Waals surface area (Å²) in [5, 5.41) is 21.4. The molecule has 3 N–H and O–H groups in total. The normalized spacial score (nSPS) is 10.8. The molecule has 0 saturated heterocycles. The van der Waals surface area contributed by atoms with Gasteiger partial charge in [0.25, 0.3) is 5.91 Å². The quantitative estimate of drug-likeness (QED) is 0.357. The fourth-order valence-electron chi connectivity index (χ4n) is 3.54. The molecule has 0 atom stereocenters. The van der Waals surface area contributed by atoms with Crippen molar-refractivity contribution >= 4 is 35.1 Å². The standard InChI is InChI=1S/C25H26ClN3O5/c1-2-3-8-21-28-20(13-14-22(30)31)23(26)29(21)15-16-9-11-17(12-10-16)27-24(32)18-6-4-5-7-19(18)25(33)34/h4-7,9-12H,2-3,8,13-15H2,1H3,(H,27,32)(H,30,31)(H,33,34). The van der Waals surface area contributed by atoms with E-state index in [1.54, 1.807) is 24.3 Å². The summed E-state index contributed by atoms with van der Waals surface area (Å²) in [7, 11) is 0. The molecule has 34 heavy (non-hydrogen) atoms. The van der Waals surface area contributed by atoms with E-state index in [9.17, 15) is 19.5 Å². The highest BCUT2D eigenvalue weighted by Gasteiger charge is 2.18. The smallest absolute Gasteiger partial charge is 0.336 e. The van der Waals surface area contributed by atoms with Gasteiger partial charge in [0.05, 0.1) is 29.8 Å². The van der Waals surface area contributed by atoms with E-state index in [2.05, 4.69) is 17.2 Å². The first kappa shape index (κ1) is 25.0. The zero-order valence-electron chi connectivity index (χ0n) is 18.8. The van der Waals surface area contributed by atoms with Crippen LogP contribution in [0.4, 0.5) is 5.69 Å². The first-order chi connectivity index (χ1) is 16.3. The lowest BCUT2D eigenvalue weighted by Gasteiger charge is -2.11. The van der Waals surface area contributed by atoms with Crippen LogP contribution in [0.15, 0.2) is 48.5 Å². The second-order valence-corrected chi connectivity index (χ2v) is 8.21. The molecule has 8 nitrogen and oxygen atoms in total. The van der Waals surface area contributed by atoms with Crippen molar-refractivity contribution in [2.24, 2.45) is 0 Å². The van der Waals surface area contributed by atoms with Crippen LogP contribution in [0.3, 0.4) is 0 Å². The third-order valence-electron chi connectivity index (χ3n) is 5.33. The van der Waals surface area contributed by atoms with E-state index in [0.29, 0.717) is 23.1 Å². The molecule has 0 bridgehead atoms. The number of imidazole rings is 1. The average molecular weight is 484 g/mol. The van der Waals surface area contributed by atoms with E-state index < -0.39 is 17.8 Å². The van der Waals surface area contributed by atoms with Gasteiger partial charge in [-0.05, 0) is 36.2 Å². The maximum absolute atomic E-state index is 12.6. The van der Waals surface area contributed by atoms with Crippen molar-refractivity contribution in [2.75, 3.05) is 5.32 Å². The van der Waals surface area contributed by atoms with Gasteiger partial charge in [-0.2, -0.15) is 0 Å². The fraction of sp³-hybridized carbons (Fsp3) is 0.280. The summed E-state index contributed by atoms with van der Waals surface area (Å²) in [4.78, 5) is 39.5. The number of hydrogen-bond donors (Lipinski definition) is 3. The van der Waals surface area contributed by atoms with E-state index in [-0.39, 0.29) is 24.0 Å². The summed E-state index contributed by atoms with van der Waals surface area (Å²) in [6.07, 6.45) is 2.90. The first-order valence-electron chi connectivity index (χ1n) is 11.0. The predicted molar refractivity (Wildman–Crippen MR) is 129 cm³/mol. The van der Waals surface area contributed by atoms with Crippen LogP contribution in [-0.4, -0.2) is 37.6 Å². The van der Waals surface area contributed by atoms with Crippen molar-refractivity contribution in [1.82, 2.24) is 9.55 Å². The SMILES string of the molecule is CCCCc1nc(CCC(=O)O)c(Cl)n1Cc1ccc(NC(=O)c2ccccc2C(=O)O)cc1. The zero-order valence-corrected chi connectivity index (χ0v) is 19.5. The van der Waals surface area contributed by atoms with Gasteiger partial charge in [0, 0.05) is 18.5 Å². The molecule has 3 aromatic rings. The summed E-state index contributed by atoms with van der Waals surface area (Å²) in [6, 6.07) is 13.2. The topological polar surface area (TPSA) is 122 Å². The Hall–Kier alpha value is -3.65. The Morgan fingerprint density at radius 3 is 2.29 bits per heavy atom. The number of carbonyl (C=O) groups is 3. The number of rotatable bonds is 11. The van der Waals surface area contributed by atoms with Crippen molar-refractivity contribution in [1.29, 1.82) is 0 Å². The van der Waals surface area contributed by atoms with E-state index in [1.807, 2.05) is 16.7 Å². The molecule has 0 spiro atoms. The van der Waals surface area contributed by atoms with Gasteiger partial charge in [-0.25, -0.2) is 9.78 Å².